The van der Waals surface area contributed by atoms with E-state index in [4.69, 9.17) is 0 Å². The first-order chi connectivity index (χ1) is 13.3. The molecule has 0 radical (unpaired) electrons. The SMILES string of the molecule is Cc1ccc(F)cc1-c1ccc(C(=O)N2CCN(CC(C)C)C(=O)[C@H]2C)cc1. The van der Waals surface area contributed by atoms with Gasteiger partial charge in [-0.2, -0.15) is 0 Å². The Morgan fingerprint density at radius 3 is 2.46 bits per heavy atom. The van der Waals surface area contributed by atoms with Crippen molar-refractivity contribution in [2.24, 2.45) is 5.92 Å². The summed E-state index contributed by atoms with van der Waals surface area (Å²) in [7, 11) is 0. The Kier molecular flexibility index (Phi) is 5.82. The van der Waals surface area contributed by atoms with Gasteiger partial charge < -0.3 is 9.80 Å². The number of amides is 2. The Balaban J connectivity index is 1.76. The molecule has 2 amide bonds. The summed E-state index contributed by atoms with van der Waals surface area (Å²) in [6, 6.07) is 11.4. The quantitative estimate of drug-likeness (QED) is 0.798. The lowest BCUT2D eigenvalue weighted by atomic mass is 9.99. The topological polar surface area (TPSA) is 40.6 Å². The second kappa shape index (κ2) is 8.13. The van der Waals surface area contributed by atoms with Crippen molar-refractivity contribution >= 4 is 11.8 Å². The number of piperazine rings is 1. The zero-order valence-corrected chi connectivity index (χ0v) is 16.9. The smallest absolute Gasteiger partial charge is 0.254 e. The number of hydrogen-bond donors (Lipinski definition) is 0. The maximum atomic E-state index is 13.6. The molecule has 1 aliphatic rings. The van der Waals surface area contributed by atoms with Gasteiger partial charge in [-0.3, -0.25) is 9.59 Å². The molecule has 28 heavy (non-hydrogen) atoms. The summed E-state index contributed by atoms with van der Waals surface area (Å²) in [6.07, 6.45) is 0. The summed E-state index contributed by atoms with van der Waals surface area (Å²) in [6.45, 7) is 9.69. The molecule has 1 heterocycles. The molecule has 1 aliphatic heterocycles. The fraction of sp³-hybridized carbons (Fsp3) is 0.391. The van der Waals surface area contributed by atoms with Crippen molar-refractivity contribution in [2.45, 2.75) is 33.7 Å². The minimum atomic E-state index is -0.467. The molecule has 0 unspecified atom stereocenters. The number of hydrogen-bond acceptors (Lipinski definition) is 2. The molecule has 0 saturated carbocycles. The van der Waals surface area contributed by atoms with Crippen LogP contribution in [0.5, 0.6) is 0 Å². The predicted molar refractivity (Wildman–Crippen MR) is 108 cm³/mol. The van der Waals surface area contributed by atoms with Crippen molar-refractivity contribution < 1.29 is 14.0 Å². The fourth-order valence-electron chi connectivity index (χ4n) is 3.69. The minimum Gasteiger partial charge on any atom is -0.339 e. The van der Waals surface area contributed by atoms with E-state index in [-0.39, 0.29) is 17.6 Å². The first-order valence-corrected chi connectivity index (χ1v) is 9.74. The number of carbonyl (C=O) groups excluding carboxylic acids is 2. The molecule has 0 aliphatic carbocycles. The van der Waals surface area contributed by atoms with E-state index in [1.54, 1.807) is 30.0 Å². The highest BCUT2D eigenvalue weighted by Crippen LogP contribution is 2.25. The van der Waals surface area contributed by atoms with Gasteiger partial charge in [-0.15, -0.1) is 0 Å². The molecular weight excluding hydrogens is 355 g/mol. The van der Waals surface area contributed by atoms with Crippen molar-refractivity contribution in [3.8, 4) is 11.1 Å². The lowest BCUT2D eigenvalue weighted by Crippen LogP contribution is -2.58. The van der Waals surface area contributed by atoms with Gasteiger partial charge in [0.1, 0.15) is 11.9 Å². The number of benzene rings is 2. The number of nitrogens with zero attached hydrogens (tertiary/aromatic N) is 2. The van der Waals surface area contributed by atoms with Crippen LogP contribution in [-0.4, -0.2) is 47.3 Å². The van der Waals surface area contributed by atoms with Gasteiger partial charge in [0.05, 0.1) is 0 Å². The van der Waals surface area contributed by atoms with E-state index in [0.29, 0.717) is 31.1 Å². The van der Waals surface area contributed by atoms with Crippen molar-refractivity contribution in [3.05, 3.63) is 59.4 Å². The Morgan fingerprint density at radius 2 is 1.82 bits per heavy atom. The summed E-state index contributed by atoms with van der Waals surface area (Å²) in [5.74, 6) is -0.0301. The normalized spacial score (nSPS) is 17.4. The standard InChI is InChI=1S/C23H27FN2O2/c1-15(2)14-25-11-12-26(17(4)22(25)27)23(28)19-8-6-18(7-9-19)21-13-20(24)10-5-16(21)3/h5-10,13,15,17H,11-12,14H2,1-4H3/t17-/m1/s1. The first kappa shape index (κ1) is 20.1. The molecule has 1 saturated heterocycles. The van der Waals surface area contributed by atoms with Crippen LogP contribution < -0.4 is 0 Å². The van der Waals surface area contributed by atoms with Crippen LogP contribution in [0.4, 0.5) is 4.39 Å². The highest BCUT2D eigenvalue weighted by Gasteiger charge is 2.34. The molecule has 0 aromatic heterocycles. The van der Waals surface area contributed by atoms with Gasteiger partial charge in [0, 0.05) is 25.2 Å². The van der Waals surface area contributed by atoms with E-state index in [9.17, 15) is 14.0 Å². The largest absolute Gasteiger partial charge is 0.339 e. The molecule has 3 rings (SSSR count). The van der Waals surface area contributed by atoms with Gasteiger partial charge in [-0.1, -0.05) is 32.0 Å². The highest BCUT2D eigenvalue weighted by atomic mass is 19.1. The van der Waals surface area contributed by atoms with Crippen LogP contribution in [0.15, 0.2) is 42.5 Å². The molecule has 1 atom stereocenters. The summed E-state index contributed by atoms with van der Waals surface area (Å²) in [5.41, 5.74) is 3.18. The van der Waals surface area contributed by atoms with Gasteiger partial charge in [0.25, 0.3) is 5.91 Å². The number of carbonyl (C=O) groups is 2. The zero-order chi connectivity index (χ0) is 20.4. The van der Waals surface area contributed by atoms with E-state index in [1.807, 2.05) is 24.0 Å². The second-order valence-electron chi connectivity index (χ2n) is 7.89. The third-order valence-corrected chi connectivity index (χ3v) is 5.24. The lowest BCUT2D eigenvalue weighted by molar-refractivity contribution is -0.140. The molecule has 2 aromatic carbocycles. The van der Waals surface area contributed by atoms with Crippen LogP contribution in [0.1, 0.15) is 36.7 Å². The van der Waals surface area contributed by atoms with E-state index in [1.165, 1.54) is 12.1 Å². The van der Waals surface area contributed by atoms with Crippen molar-refractivity contribution in [1.82, 2.24) is 9.80 Å². The summed E-state index contributed by atoms with van der Waals surface area (Å²) >= 11 is 0. The molecule has 4 nitrogen and oxygen atoms in total. The summed E-state index contributed by atoms with van der Waals surface area (Å²) < 4.78 is 13.6. The minimum absolute atomic E-state index is 0.000283. The van der Waals surface area contributed by atoms with Crippen LogP contribution in [0.25, 0.3) is 11.1 Å². The number of halogens is 1. The fourth-order valence-corrected chi connectivity index (χ4v) is 3.69. The Bertz CT molecular complexity index is 877. The molecule has 0 spiro atoms. The predicted octanol–water partition coefficient (Wildman–Crippen LogP) is 4.13. The summed E-state index contributed by atoms with van der Waals surface area (Å²) in [5, 5.41) is 0. The number of aryl methyl sites for hydroxylation is 1. The molecule has 148 valence electrons. The zero-order valence-electron chi connectivity index (χ0n) is 16.9. The van der Waals surface area contributed by atoms with Crippen molar-refractivity contribution in [2.75, 3.05) is 19.6 Å². The average molecular weight is 382 g/mol. The van der Waals surface area contributed by atoms with Gasteiger partial charge in [0.15, 0.2) is 0 Å². The first-order valence-electron chi connectivity index (χ1n) is 9.74. The molecule has 2 aromatic rings. The van der Waals surface area contributed by atoms with Crippen LogP contribution in [0, 0.1) is 18.7 Å². The van der Waals surface area contributed by atoms with E-state index in [0.717, 1.165) is 16.7 Å². The molecule has 0 bridgehead atoms. The summed E-state index contributed by atoms with van der Waals surface area (Å²) in [4.78, 5) is 29.0. The monoisotopic (exact) mass is 382 g/mol. The average Bonchev–Trinajstić information content (AvgIpc) is 2.67. The second-order valence-corrected chi connectivity index (χ2v) is 7.89. The van der Waals surface area contributed by atoms with Crippen LogP contribution in [0.2, 0.25) is 0 Å². The molecular formula is C23H27FN2O2. The van der Waals surface area contributed by atoms with Crippen LogP contribution in [0.3, 0.4) is 0 Å². The van der Waals surface area contributed by atoms with Crippen molar-refractivity contribution in [1.29, 1.82) is 0 Å². The highest BCUT2D eigenvalue weighted by molar-refractivity contribution is 5.98. The molecule has 1 fully saturated rings. The third-order valence-electron chi connectivity index (χ3n) is 5.24. The van der Waals surface area contributed by atoms with Gasteiger partial charge in [-0.25, -0.2) is 4.39 Å². The van der Waals surface area contributed by atoms with Crippen molar-refractivity contribution in [3.63, 3.8) is 0 Å². The van der Waals surface area contributed by atoms with Crippen LogP contribution in [-0.2, 0) is 4.79 Å². The van der Waals surface area contributed by atoms with Crippen LogP contribution >= 0.6 is 0 Å². The lowest BCUT2D eigenvalue weighted by Gasteiger charge is -2.39. The third kappa shape index (κ3) is 4.08. The Hall–Kier alpha value is -2.69. The van der Waals surface area contributed by atoms with Gasteiger partial charge in [-0.05, 0) is 60.7 Å². The maximum absolute atomic E-state index is 13.6. The molecule has 0 N–H and O–H groups in total. The Morgan fingerprint density at radius 1 is 1.14 bits per heavy atom. The molecule has 5 heteroatoms. The maximum Gasteiger partial charge on any atom is 0.254 e. The van der Waals surface area contributed by atoms with E-state index >= 15 is 0 Å². The number of rotatable bonds is 4. The van der Waals surface area contributed by atoms with Gasteiger partial charge in [0.2, 0.25) is 5.91 Å². The Labute approximate surface area is 166 Å². The van der Waals surface area contributed by atoms with E-state index in [2.05, 4.69) is 13.8 Å². The van der Waals surface area contributed by atoms with Gasteiger partial charge >= 0.3 is 0 Å². The van der Waals surface area contributed by atoms with E-state index < -0.39 is 6.04 Å².